The first-order chi connectivity index (χ1) is 9.72. The Kier molecular flexibility index (Phi) is 5.10. The Hall–Kier alpha value is -1.90. The lowest BCUT2D eigenvalue weighted by molar-refractivity contribution is 0.350. The van der Waals surface area contributed by atoms with E-state index < -0.39 is 0 Å². The summed E-state index contributed by atoms with van der Waals surface area (Å²) in [4.78, 5) is 4.24. The average molecular weight is 289 g/mol. The highest BCUT2D eigenvalue weighted by Crippen LogP contribution is 2.25. The first kappa shape index (κ1) is 14.5. The topological polar surface area (TPSA) is 55.5 Å². The normalized spacial score (nSPS) is 9.95. The summed E-state index contributed by atoms with van der Waals surface area (Å²) in [6, 6.07) is 5.80. The zero-order valence-electron chi connectivity index (χ0n) is 11.3. The molecule has 0 atom stereocenters. The highest BCUT2D eigenvalue weighted by Gasteiger charge is 2.05. The summed E-state index contributed by atoms with van der Waals surface area (Å²) in [7, 11) is 1.60. The summed E-state index contributed by atoms with van der Waals surface area (Å²) in [5, 5.41) is 9.43. The van der Waals surface area contributed by atoms with Gasteiger partial charge in [0.2, 0.25) is 0 Å². The third kappa shape index (κ3) is 3.80. The van der Waals surface area contributed by atoms with Crippen LogP contribution >= 0.6 is 11.8 Å². The van der Waals surface area contributed by atoms with Gasteiger partial charge in [-0.3, -0.25) is 0 Å². The van der Waals surface area contributed by atoms with Gasteiger partial charge in [-0.1, -0.05) is 29.7 Å². The van der Waals surface area contributed by atoms with Crippen LogP contribution in [0.3, 0.4) is 0 Å². The highest BCUT2D eigenvalue weighted by atomic mass is 32.2. The number of thioether (sulfide) groups is 1. The molecule has 0 bridgehead atoms. The molecule has 1 N–H and O–H groups in total. The number of aliphatic hydroxyl groups is 1. The van der Waals surface area contributed by atoms with Crippen molar-refractivity contribution in [1.29, 1.82) is 0 Å². The van der Waals surface area contributed by atoms with Crippen molar-refractivity contribution in [2.24, 2.45) is 0 Å². The molecule has 4 nitrogen and oxygen atoms in total. The molecule has 2 aromatic rings. The molecule has 0 aliphatic carbocycles. The molecule has 0 spiro atoms. The van der Waals surface area contributed by atoms with Gasteiger partial charge < -0.3 is 14.3 Å². The van der Waals surface area contributed by atoms with E-state index in [4.69, 9.17) is 14.3 Å². The fourth-order valence-corrected chi connectivity index (χ4v) is 2.42. The summed E-state index contributed by atoms with van der Waals surface area (Å²) in [6.07, 6.45) is 1.63. The maximum Gasteiger partial charge on any atom is 0.256 e. The highest BCUT2D eigenvalue weighted by molar-refractivity contribution is 7.98. The van der Waals surface area contributed by atoms with Crippen molar-refractivity contribution in [3.8, 4) is 17.6 Å². The lowest BCUT2D eigenvalue weighted by Gasteiger charge is -2.05. The Morgan fingerprint density at radius 3 is 2.95 bits per heavy atom. The van der Waals surface area contributed by atoms with Gasteiger partial charge in [0.25, 0.3) is 5.22 Å². The van der Waals surface area contributed by atoms with Crippen LogP contribution in [0.15, 0.2) is 34.1 Å². The fraction of sp³-hybridized carbons (Fsp3) is 0.267. The molecule has 0 radical (unpaired) electrons. The van der Waals surface area contributed by atoms with E-state index in [0.29, 0.717) is 11.0 Å². The maximum absolute atomic E-state index is 8.78. The van der Waals surface area contributed by atoms with E-state index in [1.54, 1.807) is 13.4 Å². The Morgan fingerprint density at radius 2 is 2.30 bits per heavy atom. The van der Waals surface area contributed by atoms with Crippen LogP contribution in [-0.2, 0) is 5.75 Å². The van der Waals surface area contributed by atoms with Crippen molar-refractivity contribution >= 4 is 11.8 Å². The third-order valence-electron chi connectivity index (χ3n) is 2.53. The van der Waals surface area contributed by atoms with E-state index >= 15 is 0 Å². The first-order valence-electron chi connectivity index (χ1n) is 6.04. The van der Waals surface area contributed by atoms with Crippen molar-refractivity contribution in [3.63, 3.8) is 0 Å². The molecule has 0 saturated heterocycles. The van der Waals surface area contributed by atoms with Crippen molar-refractivity contribution in [2.45, 2.75) is 17.9 Å². The maximum atomic E-state index is 8.78. The zero-order valence-corrected chi connectivity index (χ0v) is 12.2. The van der Waals surface area contributed by atoms with Crippen LogP contribution in [0.4, 0.5) is 0 Å². The van der Waals surface area contributed by atoms with Gasteiger partial charge in [0.15, 0.2) is 0 Å². The zero-order chi connectivity index (χ0) is 14.4. The van der Waals surface area contributed by atoms with Gasteiger partial charge in [0, 0.05) is 5.75 Å². The standard InChI is InChI=1S/C15H15NO3S/c1-11-9-19-15(16-11)20-10-12-5-6-14(18-2)13(8-12)4-3-7-17/h5-6,8-9,17H,7,10H2,1-2H3. The van der Waals surface area contributed by atoms with Crippen LogP contribution in [-0.4, -0.2) is 23.8 Å². The second-order valence-corrected chi connectivity index (χ2v) is 4.96. The van der Waals surface area contributed by atoms with Gasteiger partial charge in [-0.15, -0.1) is 0 Å². The fourth-order valence-electron chi connectivity index (χ4n) is 1.62. The molecule has 0 amide bonds. The van der Waals surface area contributed by atoms with Gasteiger partial charge in [0.05, 0.1) is 18.4 Å². The minimum absolute atomic E-state index is 0.169. The Balaban J connectivity index is 2.12. The molecule has 1 heterocycles. The van der Waals surface area contributed by atoms with Crippen LogP contribution in [0, 0.1) is 18.8 Å². The second-order valence-electron chi connectivity index (χ2n) is 4.04. The number of ether oxygens (including phenoxy) is 1. The Labute approximate surface area is 122 Å². The molecule has 20 heavy (non-hydrogen) atoms. The predicted octanol–water partition coefficient (Wildman–Crippen LogP) is 2.63. The molecule has 0 aliphatic heterocycles. The number of hydrogen-bond donors (Lipinski definition) is 1. The number of methoxy groups -OCH3 is 1. The summed E-state index contributed by atoms with van der Waals surface area (Å²) < 4.78 is 10.5. The second kappa shape index (κ2) is 7.04. The number of aliphatic hydroxyl groups excluding tert-OH is 1. The average Bonchev–Trinajstić information content (AvgIpc) is 2.88. The van der Waals surface area contributed by atoms with E-state index in [0.717, 1.165) is 22.6 Å². The predicted molar refractivity (Wildman–Crippen MR) is 77.8 cm³/mol. The number of oxazole rings is 1. The third-order valence-corrected chi connectivity index (χ3v) is 3.44. The number of aryl methyl sites for hydroxylation is 1. The van der Waals surface area contributed by atoms with Gasteiger partial charge in [-0.2, -0.15) is 0 Å². The van der Waals surface area contributed by atoms with Gasteiger partial charge in [-0.25, -0.2) is 4.98 Å². The van der Waals surface area contributed by atoms with Crippen molar-refractivity contribution in [3.05, 3.63) is 41.3 Å². The van der Waals surface area contributed by atoms with Crippen LogP contribution in [0.25, 0.3) is 0 Å². The van der Waals surface area contributed by atoms with E-state index in [9.17, 15) is 0 Å². The molecule has 0 fully saturated rings. The van der Waals surface area contributed by atoms with Crippen LogP contribution in [0.5, 0.6) is 5.75 Å². The first-order valence-corrected chi connectivity index (χ1v) is 7.03. The van der Waals surface area contributed by atoms with Crippen molar-refractivity contribution in [1.82, 2.24) is 4.98 Å². The number of aromatic nitrogens is 1. The Bertz CT molecular complexity index is 640. The minimum atomic E-state index is -0.169. The SMILES string of the molecule is COc1ccc(CSc2nc(C)co2)cc1C#CCO. The summed E-state index contributed by atoms with van der Waals surface area (Å²) in [5.41, 5.74) is 2.73. The Morgan fingerprint density at radius 1 is 1.45 bits per heavy atom. The molecule has 0 unspecified atom stereocenters. The minimum Gasteiger partial charge on any atom is -0.495 e. The van der Waals surface area contributed by atoms with E-state index in [1.807, 2.05) is 25.1 Å². The van der Waals surface area contributed by atoms with Gasteiger partial charge >= 0.3 is 0 Å². The molecule has 2 rings (SSSR count). The summed E-state index contributed by atoms with van der Waals surface area (Å²) >= 11 is 1.52. The number of nitrogens with zero attached hydrogens (tertiary/aromatic N) is 1. The summed E-state index contributed by atoms with van der Waals surface area (Å²) in [5.74, 6) is 6.95. The number of hydrogen-bond acceptors (Lipinski definition) is 5. The molecular formula is C15H15NO3S. The van der Waals surface area contributed by atoms with Crippen LogP contribution in [0.2, 0.25) is 0 Å². The molecule has 0 aliphatic rings. The summed E-state index contributed by atoms with van der Waals surface area (Å²) in [6.45, 7) is 1.72. The largest absolute Gasteiger partial charge is 0.495 e. The molecule has 104 valence electrons. The lowest BCUT2D eigenvalue weighted by Crippen LogP contribution is -1.91. The van der Waals surface area contributed by atoms with Gasteiger partial charge in [0.1, 0.15) is 18.6 Å². The van der Waals surface area contributed by atoms with E-state index in [-0.39, 0.29) is 6.61 Å². The molecule has 1 aromatic heterocycles. The van der Waals surface area contributed by atoms with E-state index in [2.05, 4.69) is 16.8 Å². The molecule has 0 saturated carbocycles. The quantitative estimate of drug-likeness (QED) is 0.692. The molecular weight excluding hydrogens is 274 g/mol. The van der Waals surface area contributed by atoms with Gasteiger partial charge in [-0.05, 0) is 24.6 Å². The van der Waals surface area contributed by atoms with Crippen molar-refractivity contribution < 1.29 is 14.3 Å². The van der Waals surface area contributed by atoms with Crippen molar-refractivity contribution in [2.75, 3.05) is 13.7 Å². The van der Waals surface area contributed by atoms with E-state index in [1.165, 1.54) is 11.8 Å². The lowest BCUT2D eigenvalue weighted by atomic mass is 10.1. The van der Waals surface area contributed by atoms with Crippen LogP contribution in [0.1, 0.15) is 16.8 Å². The molecule has 1 aromatic carbocycles. The number of benzene rings is 1. The number of rotatable bonds is 4. The smallest absolute Gasteiger partial charge is 0.256 e. The monoisotopic (exact) mass is 289 g/mol. The van der Waals surface area contributed by atoms with Crippen LogP contribution < -0.4 is 4.74 Å². The molecule has 5 heteroatoms.